The van der Waals surface area contributed by atoms with Gasteiger partial charge in [0.15, 0.2) is 0 Å². The fourth-order valence-electron chi connectivity index (χ4n) is 5.91. The summed E-state index contributed by atoms with van der Waals surface area (Å²) in [5, 5.41) is 3.98. The minimum atomic E-state index is -0.400. The number of hydrogen-bond donors (Lipinski definition) is 1. The van der Waals surface area contributed by atoms with Crippen molar-refractivity contribution in [1.29, 1.82) is 0 Å². The van der Waals surface area contributed by atoms with Gasteiger partial charge in [0.1, 0.15) is 26.5 Å². The van der Waals surface area contributed by atoms with E-state index in [4.69, 9.17) is 14.5 Å². The van der Waals surface area contributed by atoms with Crippen molar-refractivity contribution >= 4 is 43.2 Å². The predicted octanol–water partition coefficient (Wildman–Crippen LogP) is 4.32. The molecule has 9 nitrogen and oxygen atoms in total. The van der Waals surface area contributed by atoms with Crippen LogP contribution in [0.4, 0.5) is 0 Å². The van der Waals surface area contributed by atoms with Gasteiger partial charge in [0.2, 0.25) is 0 Å². The molecule has 1 saturated heterocycles. The highest BCUT2D eigenvalue weighted by atomic mass is 32.1. The molecule has 0 aliphatic carbocycles. The molecule has 5 aromatic rings. The van der Waals surface area contributed by atoms with Gasteiger partial charge in [0.05, 0.1) is 31.1 Å². The Hall–Kier alpha value is -3.54. The van der Waals surface area contributed by atoms with Crippen molar-refractivity contribution < 1.29 is 9.47 Å². The number of likely N-dealkylation sites (tertiary alicyclic amines) is 1. The number of H-pyrrole nitrogens is 1. The zero-order chi connectivity index (χ0) is 26.5. The summed E-state index contributed by atoms with van der Waals surface area (Å²) in [6.07, 6.45) is 3.34. The molecule has 2 aliphatic rings. The van der Waals surface area contributed by atoms with E-state index in [0.717, 1.165) is 61.8 Å². The van der Waals surface area contributed by atoms with Crippen LogP contribution >= 0.6 is 22.7 Å². The van der Waals surface area contributed by atoms with Gasteiger partial charge in [0, 0.05) is 48.0 Å². The largest absolute Gasteiger partial charge is 0.496 e. The Morgan fingerprint density at radius 3 is 2.92 bits per heavy atom. The van der Waals surface area contributed by atoms with Crippen LogP contribution < -0.4 is 20.7 Å². The molecule has 1 fully saturated rings. The van der Waals surface area contributed by atoms with Crippen molar-refractivity contribution in [2.75, 3.05) is 33.4 Å². The molecule has 1 aromatic carbocycles. The number of fused-ring (bicyclic) bond motifs is 6. The second kappa shape index (κ2) is 9.89. The van der Waals surface area contributed by atoms with Crippen LogP contribution in [0.5, 0.6) is 11.5 Å². The number of nitrogens with zero attached hydrogens (tertiary/aromatic N) is 4. The SMILES string of the molecule is COc1cccc2c1[C@@H]1CN(CCCCn3c(=O)[nH]c4c(sc5ncc(-c6ccsc6)nc54)c3=O)C[C@H]1CO2. The van der Waals surface area contributed by atoms with Crippen molar-refractivity contribution in [3.05, 3.63) is 67.6 Å². The van der Waals surface area contributed by atoms with Gasteiger partial charge in [0.25, 0.3) is 5.56 Å². The Balaban J connectivity index is 1.05. The predicted molar refractivity (Wildman–Crippen MR) is 154 cm³/mol. The zero-order valence-corrected chi connectivity index (χ0v) is 23.0. The molecule has 0 bridgehead atoms. The molecular formula is C28H27N5O4S2. The van der Waals surface area contributed by atoms with E-state index in [1.54, 1.807) is 24.6 Å². The average Bonchev–Trinajstić information content (AvgIpc) is 3.71. The first-order valence-electron chi connectivity index (χ1n) is 13.1. The van der Waals surface area contributed by atoms with Crippen LogP contribution in [0.1, 0.15) is 24.3 Å². The third-order valence-corrected chi connectivity index (χ3v) is 9.59. The highest BCUT2D eigenvalue weighted by Gasteiger charge is 2.40. The number of methoxy groups -OCH3 is 1. The first kappa shape index (κ1) is 24.5. The van der Waals surface area contributed by atoms with E-state index in [2.05, 4.69) is 14.9 Å². The fourth-order valence-corrected chi connectivity index (χ4v) is 7.55. The number of unbranched alkanes of at least 4 members (excludes halogenated alkanes) is 1. The third-order valence-electron chi connectivity index (χ3n) is 7.83. The Labute approximate surface area is 231 Å². The molecule has 0 amide bonds. The number of aromatic nitrogens is 4. The van der Waals surface area contributed by atoms with E-state index >= 15 is 0 Å². The fraction of sp³-hybridized carbons (Fsp3) is 0.357. The normalized spacial score (nSPS) is 18.8. The molecule has 2 aliphatic heterocycles. The number of ether oxygens (including phenoxy) is 2. The molecule has 0 unspecified atom stereocenters. The highest BCUT2D eigenvalue weighted by Crippen LogP contribution is 2.46. The lowest BCUT2D eigenvalue weighted by Crippen LogP contribution is -2.34. The van der Waals surface area contributed by atoms with Crippen molar-refractivity contribution in [3.63, 3.8) is 0 Å². The maximum Gasteiger partial charge on any atom is 0.328 e. The molecule has 0 saturated carbocycles. The first-order valence-corrected chi connectivity index (χ1v) is 14.8. The van der Waals surface area contributed by atoms with Crippen molar-refractivity contribution in [2.24, 2.45) is 5.92 Å². The van der Waals surface area contributed by atoms with Gasteiger partial charge in [-0.25, -0.2) is 14.8 Å². The van der Waals surface area contributed by atoms with Gasteiger partial charge >= 0.3 is 5.69 Å². The Morgan fingerprint density at radius 1 is 1.18 bits per heavy atom. The topological polar surface area (TPSA) is 102 Å². The first-order chi connectivity index (χ1) is 19.1. The minimum absolute atomic E-state index is 0.274. The lowest BCUT2D eigenvalue weighted by Gasteiger charge is -2.29. The lowest BCUT2D eigenvalue weighted by atomic mass is 9.86. The van der Waals surface area contributed by atoms with Crippen LogP contribution in [0.15, 0.2) is 50.8 Å². The van der Waals surface area contributed by atoms with Gasteiger partial charge in [-0.05, 0) is 43.0 Å². The molecule has 11 heteroatoms. The number of hydrogen-bond acceptors (Lipinski definition) is 9. The molecule has 7 rings (SSSR count). The van der Waals surface area contributed by atoms with Crippen LogP contribution in [0.2, 0.25) is 0 Å². The van der Waals surface area contributed by atoms with Crippen LogP contribution in [-0.4, -0.2) is 57.8 Å². The van der Waals surface area contributed by atoms with Crippen molar-refractivity contribution in [3.8, 4) is 22.8 Å². The molecular weight excluding hydrogens is 534 g/mol. The number of thiophene rings is 2. The molecule has 6 heterocycles. The van der Waals surface area contributed by atoms with E-state index in [9.17, 15) is 9.59 Å². The molecule has 2 atom stereocenters. The second-order valence-electron chi connectivity index (χ2n) is 10.1. The quantitative estimate of drug-likeness (QED) is 0.295. The van der Waals surface area contributed by atoms with Crippen LogP contribution in [-0.2, 0) is 6.54 Å². The molecule has 0 spiro atoms. The molecule has 4 aromatic heterocycles. The number of nitrogens with one attached hydrogen (secondary N) is 1. The molecule has 200 valence electrons. The average molecular weight is 562 g/mol. The van der Waals surface area contributed by atoms with Crippen molar-refractivity contribution in [1.82, 2.24) is 24.4 Å². The van der Waals surface area contributed by atoms with E-state index in [1.165, 1.54) is 21.5 Å². The summed E-state index contributed by atoms with van der Waals surface area (Å²) in [6.45, 7) is 3.95. The number of aromatic amines is 1. The molecule has 1 N–H and O–H groups in total. The zero-order valence-electron chi connectivity index (χ0n) is 21.4. The summed E-state index contributed by atoms with van der Waals surface area (Å²) in [5.74, 6) is 2.67. The number of benzene rings is 1. The lowest BCUT2D eigenvalue weighted by molar-refractivity contribution is 0.209. The Kier molecular flexibility index (Phi) is 6.21. The van der Waals surface area contributed by atoms with Gasteiger partial charge < -0.3 is 19.4 Å². The molecule has 0 radical (unpaired) electrons. The van der Waals surface area contributed by atoms with Crippen LogP contribution in [0, 0.1) is 5.92 Å². The summed E-state index contributed by atoms with van der Waals surface area (Å²) in [4.78, 5) is 41.5. The summed E-state index contributed by atoms with van der Waals surface area (Å²) in [5.41, 5.74) is 3.24. The molecule has 39 heavy (non-hydrogen) atoms. The Morgan fingerprint density at radius 2 is 2.08 bits per heavy atom. The van der Waals surface area contributed by atoms with Gasteiger partial charge in [-0.15, -0.1) is 11.3 Å². The van der Waals surface area contributed by atoms with E-state index in [0.29, 0.717) is 38.9 Å². The van der Waals surface area contributed by atoms with Gasteiger partial charge in [-0.3, -0.25) is 9.36 Å². The highest BCUT2D eigenvalue weighted by molar-refractivity contribution is 7.25. The van der Waals surface area contributed by atoms with Gasteiger partial charge in [-0.1, -0.05) is 6.07 Å². The maximum atomic E-state index is 13.3. The monoisotopic (exact) mass is 561 g/mol. The summed E-state index contributed by atoms with van der Waals surface area (Å²) >= 11 is 2.86. The Bertz CT molecular complexity index is 1780. The van der Waals surface area contributed by atoms with Crippen molar-refractivity contribution in [2.45, 2.75) is 25.3 Å². The minimum Gasteiger partial charge on any atom is -0.496 e. The summed E-state index contributed by atoms with van der Waals surface area (Å²) in [6, 6.07) is 7.98. The van der Waals surface area contributed by atoms with E-state index in [1.807, 2.05) is 35.0 Å². The van der Waals surface area contributed by atoms with E-state index < -0.39 is 5.69 Å². The summed E-state index contributed by atoms with van der Waals surface area (Å²) in [7, 11) is 1.71. The van der Waals surface area contributed by atoms with Crippen LogP contribution in [0.25, 0.3) is 31.8 Å². The van der Waals surface area contributed by atoms with E-state index in [-0.39, 0.29) is 5.56 Å². The summed E-state index contributed by atoms with van der Waals surface area (Å²) < 4.78 is 13.5. The number of rotatable bonds is 7. The smallest absolute Gasteiger partial charge is 0.328 e. The van der Waals surface area contributed by atoms with Gasteiger partial charge in [-0.2, -0.15) is 11.3 Å². The standard InChI is InChI=1S/C28H27N5O4S2/c1-36-20-5-4-6-21-22(20)18-13-32(12-17(18)14-37-21)8-2-3-9-33-27(34)25-23(31-28(33)35)24-26(39-25)29-11-19(30-24)16-7-10-38-15-16/h4-7,10-11,15,17-18H,2-3,8-9,12-14H2,1H3,(H,31,35)/t17-,18+/m0/s1. The van der Waals surface area contributed by atoms with Crippen LogP contribution in [0.3, 0.4) is 0 Å². The second-order valence-corrected chi connectivity index (χ2v) is 11.9. The third kappa shape index (κ3) is 4.25. The maximum absolute atomic E-state index is 13.3.